The third-order valence-corrected chi connectivity index (χ3v) is 21.2. The number of aliphatic hydroxyl groups is 3. The minimum absolute atomic E-state index is 0.0158. The average Bonchev–Trinajstić information content (AvgIpc) is 3.91. The van der Waals surface area contributed by atoms with E-state index in [9.17, 15) is 20.1 Å². The molecule has 7 fully saturated rings. The second-order valence-corrected chi connectivity index (χ2v) is 24.0. The van der Waals surface area contributed by atoms with Gasteiger partial charge in [0, 0.05) is 67.2 Å². The molecule has 76 heavy (non-hydrogen) atoms. The van der Waals surface area contributed by atoms with E-state index in [0.29, 0.717) is 36.0 Å². The molecule has 13 rings (SSSR count). The first-order valence-electron chi connectivity index (χ1n) is 29.0. The standard InChI is InChI=1S/C44H50N4O2.C22H31NO3/c1-3-17-47-19-15-43-35-9-5-7-11-37(35)45-26-34-32-24-40-44(16-20-48(40,18-4-2)28-30(32)14-22-50)36-10-6-8-12-38(36)46(42(34)44)25-33(41(43)45)31(23-39(43)47)29(27-47)13-21-49;1-3-23(4-2)17-11-12-18-26-21(24)22(25,19-13-7-5-8-14-19)20-15-9-6-10-16-20/h3-14,25-26,31-32,39-42,49-50H,1-2,15-24,27-28H2;5,7-8,13-14,20,25H,3-4,6,9-10,15-18H2,1-2H3/q+2;/b29-13-,30-14-,33-25-,34-26-;/t31-,32-,39-,40-,41-,42-,43+,44+,47-,48-;/m0./s1. The Balaban J connectivity index is 0.000000191. The number of nitrogens with zero attached hydrogens (tertiary/aromatic N) is 5. The van der Waals surface area contributed by atoms with Gasteiger partial charge < -0.3 is 38.8 Å². The molecule has 3 aromatic rings. The maximum absolute atomic E-state index is 12.8. The Bertz CT molecular complexity index is 2800. The smallest absolute Gasteiger partial charge is 0.344 e. The van der Waals surface area contributed by atoms with Crippen molar-refractivity contribution in [3.8, 4) is 11.8 Å². The minimum atomic E-state index is -1.58. The van der Waals surface area contributed by atoms with Crippen LogP contribution in [0.15, 0.2) is 151 Å². The number of esters is 1. The molecule has 10 nitrogen and oxygen atoms in total. The predicted molar refractivity (Wildman–Crippen MR) is 302 cm³/mol. The van der Waals surface area contributed by atoms with Gasteiger partial charge >= 0.3 is 5.97 Å². The van der Waals surface area contributed by atoms with E-state index in [0.717, 1.165) is 119 Å². The molecule has 3 saturated carbocycles. The minimum Gasteiger partial charge on any atom is -0.450 e. The molecule has 11 atom stereocenters. The van der Waals surface area contributed by atoms with Crippen LogP contribution in [0, 0.1) is 29.6 Å². The Morgan fingerprint density at radius 3 is 1.72 bits per heavy atom. The number of para-hydroxylation sites is 2. The number of ether oxygens (including phenoxy) is 1. The van der Waals surface area contributed by atoms with Gasteiger partial charge in [-0.2, -0.15) is 0 Å². The van der Waals surface area contributed by atoms with Crippen molar-refractivity contribution in [3.63, 3.8) is 0 Å². The van der Waals surface area contributed by atoms with Crippen LogP contribution in [0.5, 0.6) is 0 Å². The topological polar surface area (TPSA) is 96.7 Å². The van der Waals surface area contributed by atoms with Crippen molar-refractivity contribution in [2.24, 2.45) is 17.8 Å². The fourth-order valence-electron chi connectivity index (χ4n) is 18.2. The molecular formula is C66H81N5O5+2. The molecule has 7 heterocycles. The largest absolute Gasteiger partial charge is 0.450 e. The van der Waals surface area contributed by atoms with Crippen LogP contribution in [0.1, 0.15) is 88.3 Å². The molecule has 10 aliphatic rings. The van der Waals surface area contributed by atoms with Crippen LogP contribution < -0.4 is 9.80 Å². The number of carbonyl (C=O) groups excluding carboxylic acids is 1. The average molecular weight is 1020 g/mol. The van der Waals surface area contributed by atoms with Gasteiger partial charge in [-0.15, -0.1) is 0 Å². The Hall–Kier alpha value is -5.51. The summed E-state index contributed by atoms with van der Waals surface area (Å²) >= 11 is 0. The van der Waals surface area contributed by atoms with Crippen molar-refractivity contribution in [2.45, 2.75) is 112 Å². The predicted octanol–water partition coefficient (Wildman–Crippen LogP) is 8.82. The molecule has 3 aromatic carbocycles. The maximum atomic E-state index is 12.8. The fraction of sp³-hybridized carbons (Fsp3) is 0.500. The van der Waals surface area contributed by atoms with Gasteiger partial charge in [0.25, 0.3) is 0 Å². The van der Waals surface area contributed by atoms with Gasteiger partial charge in [-0.25, -0.2) is 4.79 Å². The monoisotopic (exact) mass is 1020 g/mol. The van der Waals surface area contributed by atoms with Crippen molar-refractivity contribution in [1.82, 2.24) is 4.90 Å². The molecule has 0 aromatic heterocycles. The van der Waals surface area contributed by atoms with E-state index in [4.69, 9.17) is 4.74 Å². The van der Waals surface area contributed by atoms with Crippen LogP contribution in [-0.2, 0) is 26.0 Å². The van der Waals surface area contributed by atoms with Crippen LogP contribution in [0.2, 0.25) is 0 Å². The lowest BCUT2D eigenvalue weighted by molar-refractivity contribution is -0.937. The summed E-state index contributed by atoms with van der Waals surface area (Å²) in [7, 11) is 0. The summed E-state index contributed by atoms with van der Waals surface area (Å²) in [4.78, 5) is 20.6. The highest BCUT2D eigenvalue weighted by molar-refractivity contribution is 5.82. The summed E-state index contributed by atoms with van der Waals surface area (Å²) in [5.41, 5.74) is 10.9. The molecule has 7 aliphatic heterocycles. The third kappa shape index (κ3) is 7.46. The number of carbonyl (C=O) groups is 1. The second kappa shape index (κ2) is 20.1. The normalized spacial score (nSPS) is 35.8. The van der Waals surface area contributed by atoms with Crippen molar-refractivity contribution in [3.05, 3.63) is 168 Å². The highest BCUT2D eigenvalue weighted by atomic mass is 16.5. The van der Waals surface area contributed by atoms with E-state index in [1.807, 2.05) is 30.3 Å². The lowest BCUT2D eigenvalue weighted by atomic mass is 9.56. The Morgan fingerprint density at radius 2 is 1.24 bits per heavy atom. The number of piperidine rings is 2. The summed E-state index contributed by atoms with van der Waals surface area (Å²) in [6.45, 7) is 21.7. The number of quaternary nitrogens is 2. The lowest BCUT2D eigenvalue weighted by Gasteiger charge is -2.59. The molecule has 4 saturated heterocycles. The molecule has 10 heteroatoms. The first kappa shape index (κ1) is 51.3. The van der Waals surface area contributed by atoms with Crippen LogP contribution in [0.4, 0.5) is 11.4 Å². The van der Waals surface area contributed by atoms with Crippen LogP contribution >= 0.6 is 0 Å². The van der Waals surface area contributed by atoms with Gasteiger partial charge in [0.1, 0.15) is 25.2 Å². The lowest BCUT2D eigenvalue weighted by Crippen LogP contribution is -2.69. The molecule has 1 unspecified atom stereocenters. The molecule has 3 aliphatic carbocycles. The van der Waals surface area contributed by atoms with Crippen molar-refractivity contribution >= 4 is 17.3 Å². The van der Waals surface area contributed by atoms with Gasteiger partial charge in [0.05, 0.1) is 68.9 Å². The van der Waals surface area contributed by atoms with Crippen molar-refractivity contribution in [2.75, 3.05) is 88.5 Å². The molecular weight excluding hydrogens is 943 g/mol. The third-order valence-electron chi connectivity index (χ3n) is 21.2. The SMILES string of the molecule is C=CC[N@@+]12CC[C@@]34c5ccccc5N5/C=C6/[C@H]7C[C@H]8[C@@]9(CC[N@@+]8(CC=C)C/C7=C/CO)c7ccccc7N(/C=C(/[C@@H](C[C@@H]31)/C(=C\CO)C2)[C@H]54)[C@@H]69.CCN(CC)CC#CCOC(=O)C(O)(c1ccccc1)C1CCCCC1. The van der Waals surface area contributed by atoms with Gasteiger partial charge in [0.2, 0.25) is 0 Å². The fourth-order valence-corrected chi connectivity index (χ4v) is 18.2. The number of hydrogen-bond donors (Lipinski definition) is 3. The number of aliphatic hydroxyl groups excluding tert-OH is 2. The number of hydrogen-bond acceptors (Lipinski definition) is 8. The quantitative estimate of drug-likeness (QED) is 0.0678. The molecule has 0 amide bonds. The van der Waals surface area contributed by atoms with E-state index in [1.54, 1.807) is 11.1 Å². The van der Waals surface area contributed by atoms with Gasteiger partial charge in [0.15, 0.2) is 12.2 Å². The highest BCUT2D eigenvalue weighted by Gasteiger charge is 2.75. The summed E-state index contributed by atoms with van der Waals surface area (Å²) in [5, 5.41) is 32.3. The van der Waals surface area contributed by atoms with Crippen LogP contribution in [0.3, 0.4) is 0 Å². The van der Waals surface area contributed by atoms with E-state index in [2.05, 4.69) is 139 Å². The molecule has 4 bridgehead atoms. The zero-order valence-electron chi connectivity index (χ0n) is 45.2. The Labute approximate surface area is 452 Å². The number of benzene rings is 3. The number of rotatable bonds is 13. The van der Waals surface area contributed by atoms with Gasteiger partial charge in [-0.1, -0.05) is 137 Å². The summed E-state index contributed by atoms with van der Waals surface area (Å²) in [5.74, 6) is 5.86. The first-order chi connectivity index (χ1) is 37.1. The van der Waals surface area contributed by atoms with Gasteiger partial charge in [-0.3, -0.25) is 4.90 Å². The number of fused-ring (bicyclic) bond motifs is 8. The number of anilines is 2. The second-order valence-electron chi connectivity index (χ2n) is 24.0. The van der Waals surface area contributed by atoms with E-state index in [-0.39, 0.29) is 48.7 Å². The van der Waals surface area contributed by atoms with Crippen molar-refractivity contribution in [1.29, 1.82) is 0 Å². The van der Waals surface area contributed by atoms with E-state index < -0.39 is 11.6 Å². The Morgan fingerprint density at radius 1 is 0.737 bits per heavy atom. The zero-order chi connectivity index (χ0) is 52.5. The molecule has 2 spiro atoms. The van der Waals surface area contributed by atoms with Crippen LogP contribution in [-0.4, -0.2) is 138 Å². The van der Waals surface area contributed by atoms with Crippen LogP contribution in [0.25, 0.3) is 0 Å². The van der Waals surface area contributed by atoms with E-state index in [1.165, 1.54) is 33.6 Å². The maximum Gasteiger partial charge on any atom is 0.344 e. The molecule has 398 valence electrons. The van der Waals surface area contributed by atoms with Crippen molar-refractivity contribution < 1.29 is 33.8 Å². The summed E-state index contributed by atoms with van der Waals surface area (Å²) < 4.78 is 7.50. The summed E-state index contributed by atoms with van der Waals surface area (Å²) in [6.07, 6.45) is 23.5. The zero-order valence-corrected chi connectivity index (χ0v) is 45.2. The van der Waals surface area contributed by atoms with E-state index >= 15 is 0 Å². The van der Waals surface area contributed by atoms with Gasteiger partial charge in [-0.05, 0) is 89.2 Å². The molecule has 3 N–H and O–H groups in total. The summed E-state index contributed by atoms with van der Waals surface area (Å²) in [6, 6.07) is 29.5. The highest BCUT2D eigenvalue weighted by Crippen LogP contribution is 2.70. The Kier molecular flexibility index (Phi) is 13.5. The molecule has 0 radical (unpaired) electrons. The first-order valence-corrected chi connectivity index (χ1v) is 29.0.